The van der Waals surface area contributed by atoms with Gasteiger partial charge in [-0.05, 0) is 19.8 Å². The molecule has 2 rings (SSSR count). The predicted molar refractivity (Wildman–Crippen MR) is 81.4 cm³/mol. The second kappa shape index (κ2) is 6.95. The van der Waals surface area contributed by atoms with Gasteiger partial charge in [-0.1, -0.05) is 12.8 Å². The molecule has 0 aromatic carbocycles. The van der Waals surface area contributed by atoms with Crippen LogP contribution in [0.5, 0.6) is 0 Å². The number of thioether (sulfide) groups is 1. The summed E-state index contributed by atoms with van der Waals surface area (Å²) in [5, 5.41) is 3.13. The highest BCUT2D eigenvalue weighted by Gasteiger charge is 2.40. The van der Waals surface area contributed by atoms with Crippen molar-refractivity contribution < 1.29 is 4.79 Å². The van der Waals surface area contributed by atoms with Gasteiger partial charge in [0.15, 0.2) is 0 Å². The van der Waals surface area contributed by atoms with Crippen molar-refractivity contribution in [2.24, 2.45) is 5.73 Å². The van der Waals surface area contributed by atoms with E-state index in [9.17, 15) is 4.79 Å². The van der Waals surface area contributed by atoms with Gasteiger partial charge in [-0.15, -0.1) is 0 Å². The first-order valence-electron chi connectivity index (χ1n) is 7.47. The van der Waals surface area contributed by atoms with Gasteiger partial charge in [-0.25, -0.2) is 0 Å². The summed E-state index contributed by atoms with van der Waals surface area (Å²) in [6.07, 6.45) is 5.50. The van der Waals surface area contributed by atoms with Crippen LogP contribution in [0.25, 0.3) is 0 Å². The van der Waals surface area contributed by atoms with Gasteiger partial charge in [0.2, 0.25) is 5.91 Å². The Morgan fingerprint density at radius 2 is 2.00 bits per heavy atom. The van der Waals surface area contributed by atoms with Crippen LogP contribution in [0.1, 0.15) is 39.0 Å². The Balaban J connectivity index is 1.90. The summed E-state index contributed by atoms with van der Waals surface area (Å²) >= 11 is 2.04. The number of nitrogens with one attached hydrogen (secondary N) is 1. The average Bonchev–Trinajstić information content (AvgIpc) is 2.87. The first-order valence-corrected chi connectivity index (χ1v) is 8.63. The first kappa shape index (κ1) is 15.1. The number of nitrogens with zero attached hydrogens (tertiary/aromatic N) is 1. The molecule has 0 aromatic rings. The topological polar surface area (TPSA) is 58.4 Å². The van der Waals surface area contributed by atoms with E-state index in [-0.39, 0.29) is 17.5 Å². The summed E-state index contributed by atoms with van der Waals surface area (Å²) < 4.78 is 0. The molecule has 4 nitrogen and oxygen atoms in total. The average molecular weight is 285 g/mol. The number of hydrogen-bond donors (Lipinski definition) is 2. The van der Waals surface area contributed by atoms with Gasteiger partial charge in [-0.3, -0.25) is 9.69 Å². The molecule has 1 unspecified atom stereocenters. The molecule has 5 heteroatoms. The number of rotatable bonds is 5. The maximum atomic E-state index is 11.8. The van der Waals surface area contributed by atoms with Crippen LogP contribution in [0.3, 0.4) is 0 Å². The molecular formula is C14H27N3OS. The van der Waals surface area contributed by atoms with Gasteiger partial charge in [0, 0.05) is 49.1 Å². The normalized spacial score (nSPS) is 25.2. The molecule has 0 spiro atoms. The zero-order chi connectivity index (χ0) is 13.7. The van der Waals surface area contributed by atoms with Crippen molar-refractivity contribution in [3.05, 3.63) is 0 Å². The fourth-order valence-electron chi connectivity index (χ4n) is 3.30. The van der Waals surface area contributed by atoms with Gasteiger partial charge in [0.25, 0.3) is 0 Å². The molecule has 1 atom stereocenters. The first-order chi connectivity index (χ1) is 9.12. The highest BCUT2D eigenvalue weighted by molar-refractivity contribution is 7.99. The fraction of sp³-hybridized carbons (Fsp3) is 0.929. The van der Waals surface area contributed by atoms with Crippen LogP contribution in [0.2, 0.25) is 0 Å². The zero-order valence-electron chi connectivity index (χ0n) is 12.0. The van der Waals surface area contributed by atoms with E-state index in [0.29, 0.717) is 6.42 Å². The lowest BCUT2D eigenvalue weighted by atomic mass is 9.94. The molecule has 2 fully saturated rings. The standard InChI is InChI=1S/C14H27N3OS/c1-12(15)10-13(18)16-11-14(4-2-3-5-14)17-6-8-19-9-7-17/h12H,2-11,15H2,1H3,(H,16,18). The van der Waals surface area contributed by atoms with E-state index >= 15 is 0 Å². The molecule has 1 saturated heterocycles. The number of carbonyl (C=O) groups is 1. The van der Waals surface area contributed by atoms with E-state index in [4.69, 9.17) is 5.73 Å². The molecule has 1 saturated carbocycles. The van der Waals surface area contributed by atoms with Crippen molar-refractivity contribution in [2.45, 2.75) is 50.6 Å². The molecule has 1 amide bonds. The van der Waals surface area contributed by atoms with Gasteiger partial charge in [0.05, 0.1) is 0 Å². The molecule has 0 radical (unpaired) electrons. The maximum absolute atomic E-state index is 11.8. The predicted octanol–water partition coefficient (Wildman–Crippen LogP) is 1.20. The quantitative estimate of drug-likeness (QED) is 0.797. The zero-order valence-corrected chi connectivity index (χ0v) is 12.8. The van der Waals surface area contributed by atoms with Gasteiger partial charge >= 0.3 is 0 Å². The largest absolute Gasteiger partial charge is 0.354 e. The molecule has 1 heterocycles. The van der Waals surface area contributed by atoms with Crippen molar-refractivity contribution in [3.8, 4) is 0 Å². The maximum Gasteiger partial charge on any atom is 0.221 e. The van der Waals surface area contributed by atoms with E-state index in [1.807, 2.05) is 18.7 Å². The summed E-state index contributed by atoms with van der Waals surface area (Å²) in [6, 6.07) is -0.0501. The summed E-state index contributed by atoms with van der Waals surface area (Å²) in [7, 11) is 0. The third kappa shape index (κ3) is 4.10. The molecule has 19 heavy (non-hydrogen) atoms. The lowest BCUT2D eigenvalue weighted by Gasteiger charge is -2.43. The second-order valence-corrected chi connectivity index (χ2v) is 7.21. The van der Waals surface area contributed by atoms with Crippen LogP contribution in [0.15, 0.2) is 0 Å². The van der Waals surface area contributed by atoms with Crippen LogP contribution in [-0.2, 0) is 4.79 Å². The van der Waals surface area contributed by atoms with Crippen molar-refractivity contribution in [1.29, 1.82) is 0 Å². The van der Waals surface area contributed by atoms with Crippen LogP contribution < -0.4 is 11.1 Å². The Labute approximate surface area is 120 Å². The number of amides is 1. The minimum Gasteiger partial charge on any atom is -0.354 e. The van der Waals surface area contributed by atoms with Gasteiger partial charge in [-0.2, -0.15) is 11.8 Å². The minimum absolute atomic E-state index is 0.0501. The van der Waals surface area contributed by atoms with E-state index < -0.39 is 0 Å². The third-order valence-electron chi connectivity index (χ3n) is 4.34. The Kier molecular flexibility index (Phi) is 5.54. The van der Waals surface area contributed by atoms with Crippen LogP contribution in [0, 0.1) is 0 Å². The Hall–Kier alpha value is -0.260. The smallest absolute Gasteiger partial charge is 0.221 e. The van der Waals surface area contributed by atoms with Crippen molar-refractivity contribution >= 4 is 17.7 Å². The lowest BCUT2D eigenvalue weighted by Crippen LogP contribution is -2.56. The van der Waals surface area contributed by atoms with Crippen molar-refractivity contribution in [3.63, 3.8) is 0 Å². The third-order valence-corrected chi connectivity index (χ3v) is 5.28. The Morgan fingerprint density at radius 1 is 1.37 bits per heavy atom. The number of carbonyl (C=O) groups excluding carboxylic acids is 1. The molecule has 0 bridgehead atoms. The molecule has 1 aliphatic carbocycles. The van der Waals surface area contributed by atoms with Crippen molar-refractivity contribution in [1.82, 2.24) is 10.2 Å². The monoisotopic (exact) mass is 285 g/mol. The number of nitrogens with two attached hydrogens (primary N) is 1. The SMILES string of the molecule is CC(N)CC(=O)NCC1(N2CCSCC2)CCCC1. The Morgan fingerprint density at radius 3 is 2.58 bits per heavy atom. The molecule has 2 aliphatic rings. The van der Waals surface area contributed by atoms with Crippen LogP contribution in [-0.4, -0.2) is 53.5 Å². The minimum atomic E-state index is -0.0501. The highest BCUT2D eigenvalue weighted by Crippen LogP contribution is 2.36. The van der Waals surface area contributed by atoms with E-state index in [2.05, 4.69) is 10.2 Å². The van der Waals surface area contributed by atoms with Gasteiger partial charge in [0.1, 0.15) is 0 Å². The molecular weight excluding hydrogens is 258 g/mol. The summed E-state index contributed by atoms with van der Waals surface area (Å²) in [4.78, 5) is 14.4. The lowest BCUT2D eigenvalue weighted by molar-refractivity contribution is -0.122. The van der Waals surface area contributed by atoms with E-state index in [1.165, 1.54) is 50.3 Å². The second-order valence-electron chi connectivity index (χ2n) is 5.99. The van der Waals surface area contributed by atoms with Crippen LogP contribution in [0.4, 0.5) is 0 Å². The summed E-state index contributed by atoms with van der Waals surface area (Å²) in [5.41, 5.74) is 5.91. The van der Waals surface area contributed by atoms with E-state index in [0.717, 1.165) is 6.54 Å². The summed E-state index contributed by atoms with van der Waals surface area (Å²) in [6.45, 7) is 5.04. The van der Waals surface area contributed by atoms with Crippen molar-refractivity contribution in [2.75, 3.05) is 31.1 Å². The number of hydrogen-bond acceptors (Lipinski definition) is 4. The molecule has 0 aromatic heterocycles. The molecule has 3 N–H and O–H groups in total. The Bertz CT molecular complexity index is 297. The van der Waals surface area contributed by atoms with E-state index in [1.54, 1.807) is 0 Å². The fourth-order valence-corrected chi connectivity index (χ4v) is 4.21. The van der Waals surface area contributed by atoms with Crippen LogP contribution >= 0.6 is 11.8 Å². The summed E-state index contributed by atoms with van der Waals surface area (Å²) in [5.74, 6) is 2.57. The molecule has 1 aliphatic heterocycles. The molecule has 110 valence electrons. The van der Waals surface area contributed by atoms with Gasteiger partial charge < -0.3 is 11.1 Å². The highest BCUT2D eigenvalue weighted by atomic mass is 32.2.